The summed E-state index contributed by atoms with van der Waals surface area (Å²) >= 11 is 0. The number of rotatable bonds is 6. The molecule has 0 aliphatic carbocycles. The smallest absolute Gasteiger partial charge is 0.0762 e. The van der Waals surface area contributed by atoms with E-state index in [-0.39, 0.29) is 24.8 Å². The minimum absolute atomic E-state index is 0. The van der Waals surface area contributed by atoms with Gasteiger partial charge in [-0.3, -0.25) is 9.58 Å². The number of nitrogens with zero attached hydrogens (tertiary/aromatic N) is 3. The number of morpholine rings is 1. The molecule has 0 unspecified atom stereocenters. The van der Waals surface area contributed by atoms with Gasteiger partial charge in [-0.2, -0.15) is 5.10 Å². The summed E-state index contributed by atoms with van der Waals surface area (Å²) < 4.78 is 7.27. The summed E-state index contributed by atoms with van der Waals surface area (Å²) in [6, 6.07) is 2.07. The lowest BCUT2D eigenvalue weighted by molar-refractivity contribution is 0.0384. The van der Waals surface area contributed by atoms with Crippen LogP contribution in [0.1, 0.15) is 12.6 Å². The van der Waals surface area contributed by atoms with Gasteiger partial charge in [0.2, 0.25) is 0 Å². The lowest BCUT2D eigenvalue weighted by Gasteiger charge is -2.26. The van der Waals surface area contributed by atoms with E-state index in [2.05, 4.69) is 28.3 Å². The van der Waals surface area contributed by atoms with E-state index in [1.165, 1.54) is 0 Å². The first-order valence-electron chi connectivity index (χ1n) is 6.41. The van der Waals surface area contributed by atoms with E-state index in [9.17, 15) is 0 Å². The Kier molecular flexibility index (Phi) is 10.3. The second-order valence-corrected chi connectivity index (χ2v) is 4.29. The van der Waals surface area contributed by atoms with Crippen LogP contribution in [0.4, 0.5) is 0 Å². The molecule has 2 heterocycles. The quantitative estimate of drug-likeness (QED) is 0.801. The molecule has 0 aromatic carbocycles. The fraction of sp³-hybridized carbons (Fsp3) is 0.750. The lowest BCUT2D eigenvalue weighted by Crippen LogP contribution is -2.40. The zero-order chi connectivity index (χ0) is 11.9. The zero-order valence-electron chi connectivity index (χ0n) is 11.4. The van der Waals surface area contributed by atoms with Crippen molar-refractivity contribution in [2.45, 2.75) is 20.0 Å². The fourth-order valence-electron chi connectivity index (χ4n) is 1.95. The number of halogens is 2. The molecule has 7 heteroatoms. The Balaban J connectivity index is 0.00000162. The van der Waals surface area contributed by atoms with Crippen molar-refractivity contribution < 1.29 is 4.74 Å². The van der Waals surface area contributed by atoms with Crippen molar-refractivity contribution in [1.82, 2.24) is 20.0 Å². The van der Waals surface area contributed by atoms with Gasteiger partial charge in [0, 0.05) is 45.5 Å². The van der Waals surface area contributed by atoms with Crippen LogP contribution in [0.3, 0.4) is 0 Å². The molecule has 1 fully saturated rings. The molecule has 1 aromatic rings. The molecular weight excluding hydrogens is 287 g/mol. The van der Waals surface area contributed by atoms with Crippen molar-refractivity contribution in [2.75, 3.05) is 39.4 Å². The molecule has 0 saturated carbocycles. The fourth-order valence-corrected chi connectivity index (χ4v) is 1.95. The lowest BCUT2D eigenvalue weighted by atomic mass is 10.4. The maximum Gasteiger partial charge on any atom is 0.0762 e. The number of ether oxygens (including phenoxy) is 1. The highest BCUT2D eigenvalue weighted by molar-refractivity contribution is 5.85. The monoisotopic (exact) mass is 310 g/mol. The van der Waals surface area contributed by atoms with Gasteiger partial charge in [-0.1, -0.05) is 0 Å². The third kappa shape index (κ3) is 6.58. The Morgan fingerprint density at radius 3 is 2.68 bits per heavy atom. The summed E-state index contributed by atoms with van der Waals surface area (Å²) in [4.78, 5) is 2.43. The normalized spacial score (nSPS) is 15.6. The topological polar surface area (TPSA) is 42.3 Å². The van der Waals surface area contributed by atoms with Crippen LogP contribution in [-0.4, -0.2) is 54.1 Å². The van der Waals surface area contributed by atoms with Crippen LogP contribution in [0.25, 0.3) is 0 Å². The maximum atomic E-state index is 5.32. The van der Waals surface area contributed by atoms with Gasteiger partial charge < -0.3 is 10.1 Å². The van der Waals surface area contributed by atoms with Crippen LogP contribution in [-0.2, 0) is 17.8 Å². The molecule has 1 saturated heterocycles. The van der Waals surface area contributed by atoms with Gasteiger partial charge in [0.25, 0.3) is 0 Å². The van der Waals surface area contributed by atoms with Gasteiger partial charge in [0.05, 0.1) is 18.9 Å². The van der Waals surface area contributed by atoms with Gasteiger partial charge >= 0.3 is 0 Å². The Bertz CT molecular complexity index is 329. The van der Waals surface area contributed by atoms with E-state index in [1.54, 1.807) is 0 Å². The highest BCUT2D eigenvalue weighted by Gasteiger charge is 2.08. The van der Waals surface area contributed by atoms with Crippen molar-refractivity contribution in [2.24, 2.45) is 0 Å². The molecule has 19 heavy (non-hydrogen) atoms. The molecule has 2 rings (SSSR count). The molecule has 1 N–H and O–H groups in total. The summed E-state index contributed by atoms with van der Waals surface area (Å²) in [6.45, 7) is 9.88. The summed E-state index contributed by atoms with van der Waals surface area (Å²) in [5.74, 6) is 0. The third-order valence-electron chi connectivity index (χ3n) is 3.03. The number of nitrogens with one attached hydrogen (secondary N) is 1. The highest BCUT2D eigenvalue weighted by Crippen LogP contribution is 1.96. The Morgan fingerprint density at radius 1 is 1.32 bits per heavy atom. The van der Waals surface area contributed by atoms with Crippen molar-refractivity contribution in [3.8, 4) is 0 Å². The summed E-state index contributed by atoms with van der Waals surface area (Å²) in [5, 5.41) is 7.86. The van der Waals surface area contributed by atoms with E-state index in [0.29, 0.717) is 0 Å². The van der Waals surface area contributed by atoms with Crippen LogP contribution in [0.2, 0.25) is 0 Å². The van der Waals surface area contributed by atoms with Crippen LogP contribution in [0, 0.1) is 0 Å². The molecular formula is C12H24Cl2N4O. The second-order valence-electron chi connectivity index (χ2n) is 4.29. The van der Waals surface area contributed by atoms with Crippen molar-refractivity contribution in [3.05, 3.63) is 18.0 Å². The molecule has 112 valence electrons. The van der Waals surface area contributed by atoms with Crippen molar-refractivity contribution in [3.63, 3.8) is 0 Å². The van der Waals surface area contributed by atoms with Crippen molar-refractivity contribution >= 4 is 24.8 Å². The van der Waals surface area contributed by atoms with Crippen LogP contribution in [0.5, 0.6) is 0 Å². The van der Waals surface area contributed by atoms with Gasteiger partial charge in [0.1, 0.15) is 0 Å². The van der Waals surface area contributed by atoms with Gasteiger partial charge in [-0.15, -0.1) is 24.8 Å². The summed E-state index contributed by atoms with van der Waals surface area (Å²) in [7, 11) is 0. The Morgan fingerprint density at radius 2 is 2.05 bits per heavy atom. The molecule has 1 aliphatic heterocycles. The highest BCUT2D eigenvalue weighted by atomic mass is 35.5. The molecule has 1 aromatic heterocycles. The van der Waals surface area contributed by atoms with Gasteiger partial charge in [0.15, 0.2) is 0 Å². The van der Waals surface area contributed by atoms with Crippen LogP contribution in [0.15, 0.2) is 12.3 Å². The number of hydrogen-bond donors (Lipinski definition) is 1. The Labute approximate surface area is 127 Å². The first-order chi connectivity index (χ1) is 8.38. The molecule has 0 atom stereocenters. The van der Waals surface area contributed by atoms with Crippen LogP contribution >= 0.6 is 24.8 Å². The first kappa shape index (κ1) is 18.7. The standard InChI is InChI=1S/C12H22N4O.2ClH/c1-2-16-5-3-12(14-16)11-13-4-6-15-7-9-17-10-8-15;;/h3,5,13H,2,4,6-11H2,1H3;2*1H. The largest absolute Gasteiger partial charge is 0.379 e. The van der Waals surface area contributed by atoms with Crippen LogP contribution < -0.4 is 5.32 Å². The Hall–Kier alpha value is -0.330. The van der Waals surface area contributed by atoms with Gasteiger partial charge in [-0.25, -0.2) is 0 Å². The van der Waals surface area contributed by atoms with Gasteiger partial charge in [-0.05, 0) is 13.0 Å². The first-order valence-corrected chi connectivity index (χ1v) is 6.41. The molecule has 1 aliphatic rings. The van der Waals surface area contributed by atoms with E-state index >= 15 is 0 Å². The number of aryl methyl sites for hydroxylation is 1. The average molecular weight is 311 g/mol. The second kappa shape index (κ2) is 10.5. The predicted molar refractivity (Wildman–Crippen MR) is 81.4 cm³/mol. The van der Waals surface area contributed by atoms with E-state index in [0.717, 1.165) is 58.2 Å². The minimum atomic E-state index is 0. The van der Waals surface area contributed by atoms with E-state index < -0.39 is 0 Å². The molecule has 0 spiro atoms. The number of hydrogen-bond acceptors (Lipinski definition) is 4. The molecule has 0 amide bonds. The van der Waals surface area contributed by atoms with E-state index in [1.807, 2.05) is 10.9 Å². The van der Waals surface area contributed by atoms with E-state index in [4.69, 9.17) is 4.74 Å². The summed E-state index contributed by atoms with van der Waals surface area (Å²) in [6.07, 6.45) is 2.03. The molecule has 0 bridgehead atoms. The summed E-state index contributed by atoms with van der Waals surface area (Å²) in [5.41, 5.74) is 1.12. The predicted octanol–water partition coefficient (Wildman–Crippen LogP) is 1.17. The minimum Gasteiger partial charge on any atom is -0.379 e. The molecule has 0 radical (unpaired) electrons. The zero-order valence-corrected chi connectivity index (χ0v) is 13.0. The average Bonchev–Trinajstić information content (AvgIpc) is 2.84. The SMILES string of the molecule is CCn1ccc(CNCCN2CCOCC2)n1.Cl.Cl. The third-order valence-corrected chi connectivity index (χ3v) is 3.03. The number of aromatic nitrogens is 2. The molecule has 5 nitrogen and oxygen atoms in total. The maximum absolute atomic E-state index is 5.32. The van der Waals surface area contributed by atoms with Crippen molar-refractivity contribution in [1.29, 1.82) is 0 Å².